The van der Waals surface area contributed by atoms with Crippen LogP contribution in [0.5, 0.6) is 0 Å². The molecule has 0 rings (SSSR count). The first kappa shape index (κ1) is 13.9. The van der Waals surface area contributed by atoms with Crippen LogP contribution in [-0.4, -0.2) is 17.9 Å². The van der Waals surface area contributed by atoms with Gasteiger partial charge >= 0.3 is 11.8 Å². The third kappa shape index (κ3) is 6.06. The monoisotopic (exact) mass is 215 g/mol. The molecule has 0 aromatic heterocycles. The summed E-state index contributed by atoms with van der Waals surface area (Å²) >= 11 is 0. The number of hydrazine groups is 1. The van der Waals surface area contributed by atoms with Gasteiger partial charge in [-0.2, -0.15) is 0 Å². The fraction of sp³-hybridized carbons (Fsp3) is 0.800. The highest BCUT2D eigenvalue weighted by molar-refractivity contribution is 6.34. The first-order valence-corrected chi connectivity index (χ1v) is 5.47. The van der Waals surface area contributed by atoms with Gasteiger partial charge in [-0.05, 0) is 12.8 Å². The van der Waals surface area contributed by atoms with Crippen LogP contribution in [0.1, 0.15) is 46.0 Å². The Morgan fingerprint density at radius 1 is 1.13 bits per heavy atom. The van der Waals surface area contributed by atoms with E-state index in [-0.39, 0.29) is 6.04 Å². The Morgan fingerprint density at radius 3 is 2.27 bits per heavy atom. The molecule has 15 heavy (non-hydrogen) atoms. The molecule has 0 saturated carbocycles. The van der Waals surface area contributed by atoms with E-state index in [1.54, 1.807) is 0 Å². The third-order valence-electron chi connectivity index (χ3n) is 2.22. The van der Waals surface area contributed by atoms with Gasteiger partial charge in [0, 0.05) is 6.04 Å². The Bertz CT molecular complexity index is 207. The van der Waals surface area contributed by atoms with Gasteiger partial charge in [0.05, 0.1) is 0 Å². The molecule has 0 saturated heterocycles. The van der Waals surface area contributed by atoms with E-state index in [9.17, 15) is 9.59 Å². The van der Waals surface area contributed by atoms with Crippen LogP contribution in [0.15, 0.2) is 0 Å². The fourth-order valence-electron chi connectivity index (χ4n) is 1.40. The van der Waals surface area contributed by atoms with Crippen molar-refractivity contribution in [3.05, 3.63) is 0 Å². The molecule has 88 valence electrons. The number of nitrogens with two attached hydrogens (primary N) is 1. The molecule has 0 aliphatic heterocycles. The Labute approximate surface area is 90.8 Å². The molecule has 0 spiro atoms. The summed E-state index contributed by atoms with van der Waals surface area (Å²) in [6.07, 6.45) is 4.92. The van der Waals surface area contributed by atoms with E-state index in [0.29, 0.717) is 0 Å². The lowest BCUT2D eigenvalue weighted by molar-refractivity contribution is -0.139. The number of hydrogen-bond acceptors (Lipinski definition) is 3. The van der Waals surface area contributed by atoms with Crippen molar-refractivity contribution in [1.29, 1.82) is 0 Å². The number of carbonyl (C=O) groups excluding carboxylic acids is 2. The van der Waals surface area contributed by atoms with Crippen molar-refractivity contribution >= 4 is 11.8 Å². The predicted molar refractivity (Wildman–Crippen MR) is 58.7 cm³/mol. The molecule has 2 amide bonds. The molecule has 0 fully saturated rings. The molecule has 0 aliphatic rings. The number of carbonyl (C=O) groups is 2. The molecule has 0 radical (unpaired) electrons. The Hall–Kier alpha value is -1.10. The first-order valence-electron chi connectivity index (χ1n) is 5.47. The number of amides is 2. The number of hydrogen-bond donors (Lipinski definition) is 3. The molecule has 0 aromatic carbocycles. The van der Waals surface area contributed by atoms with Gasteiger partial charge in [-0.25, -0.2) is 5.84 Å². The molecule has 1 atom stereocenters. The highest BCUT2D eigenvalue weighted by Gasteiger charge is 2.16. The van der Waals surface area contributed by atoms with Crippen LogP contribution in [0.25, 0.3) is 0 Å². The zero-order chi connectivity index (χ0) is 11.7. The lowest BCUT2D eigenvalue weighted by Gasteiger charge is -2.16. The topological polar surface area (TPSA) is 84.2 Å². The largest absolute Gasteiger partial charge is 0.345 e. The minimum atomic E-state index is -0.785. The number of unbranched alkanes of at least 4 members (excludes halogenated alkanes) is 1. The second-order valence-corrected chi connectivity index (χ2v) is 3.57. The van der Waals surface area contributed by atoms with E-state index in [1.165, 1.54) is 0 Å². The van der Waals surface area contributed by atoms with Crippen molar-refractivity contribution in [3.63, 3.8) is 0 Å². The normalized spacial score (nSPS) is 11.9. The highest BCUT2D eigenvalue weighted by Crippen LogP contribution is 2.06. The summed E-state index contributed by atoms with van der Waals surface area (Å²) in [5.74, 6) is 3.43. The van der Waals surface area contributed by atoms with Crippen LogP contribution in [0.4, 0.5) is 0 Å². The minimum absolute atomic E-state index is 0.0831. The minimum Gasteiger partial charge on any atom is -0.345 e. The molecule has 0 bridgehead atoms. The second kappa shape index (κ2) is 8.23. The zero-order valence-electron chi connectivity index (χ0n) is 9.51. The van der Waals surface area contributed by atoms with Crippen LogP contribution in [0.3, 0.4) is 0 Å². The molecule has 0 heterocycles. The Kier molecular flexibility index (Phi) is 7.62. The summed E-state index contributed by atoms with van der Waals surface area (Å²) in [4.78, 5) is 22.1. The van der Waals surface area contributed by atoms with Gasteiger partial charge in [0.25, 0.3) is 0 Å². The lowest BCUT2D eigenvalue weighted by atomic mass is 10.1. The summed E-state index contributed by atoms with van der Waals surface area (Å²) in [6, 6.07) is 0.0831. The number of rotatable bonds is 6. The fourth-order valence-corrected chi connectivity index (χ4v) is 1.40. The SMILES string of the molecule is CCCCC(CCC)NC(=O)C(=O)NN. The quantitative estimate of drug-likeness (QED) is 0.260. The molecule has 0 aliphatic carbocycles. The van der Waals surface area contributed by atoms with Crippen molar-refractivity contribution in [3.8, 4) is 0 Å². The first-order chi connectivity index (χ1) is 7.15. The third-order valence-corrected chi connectivity index (χ3v) is 2.22. The van der Waals surface area contributed by atoms with E-state index < -0.39 is 11.8 Å². The maximum absolute atomic E-state index is 11.2. The van der Waals surface area contributed by atoms with E-state index in [4.69, 9.17) is 5.84 Å². The van der Waals surface area contributed by atoms with Gasteiger partial charge in [0.1, 0.15) is 0 Å². The van der Waals surface area contributed by atoms with Crippen LogP contribution < -0.4 is 16.6 Å². The van der Waals surface area contributed by atoms with E-state index in [2.05, 4.69) is 12.2 Å². The molecule has 0 aromatic rings. The lowest BCUT2D eigenvalue weighted by Crippen LogP contribution is -2.46. The standard InChI is InChI=1S/C10H21N3O2/c1-3-5-7-8(6-4-2)12-9(14)10(15)13-11/h8H,3-7,11H2,1-2H3,(H,12,14)(H,13,15). The van der Waals surface area contributed by atoms with Gasteiger partial charge in [0.15, 0.2) is 0 Å². The van der Waals surface area contributed by atoms with Gasteiger partial charge in [-0.1, -0.05) is 33.1 Å². The summed E-state index contributed by atoms with van der Waals surface area (Å²) in [6.45, 7) is 4.14. The van der Waals surface area contributed by atoms with Gasteiger partial charge in [-0.3, -0.25) is 15.0 Å². The van der Waals surface area contributed by atoms with Crippen molar-refractivity contribution in [2.75, 3.05) is 0 Å². The van der Waals surface area contributed by atoms with Gasteiger partial charge in [-0.15, -0.1) is 0 Å². The average molecular weight is 215 g/mol. The van der Waals surface area contributed by atoms with Crippen LogP contribution >= 0.6 is 0 Å². The van der Waals surface area contributed by atoms with Crippen LogP contribution in [0.2, 0.25) is 0 Å². The van der Waals surface area contributed by atoms with E-state index in [0.717, 1.165) is 32.1 Å². The van der Waals surface area contributed by atoms with Crippen molar-refractivity contribution in [2.24, 2.45) is 5.84 Å². The average Bonchev–Trinajstić information content (AvgIpc) is 2.24. The summed E-state index contributed by atoms with van der Waals surface area (Å²) in [5.41, 5.74) is 1.82. The Balaban J connectivity index is 4.02. The molecular formula is C10H21N3O2. The molecule has 5 nitrogen and oxygen atoms in total. The van der Waals surface area contributed by atoms with E-state index in [1.807, 2.05) is 12.3 Å². The van der Waals surface area contributed by atoms with Crippen LogP contribution in [-0.2, 0) is 9.59 Å². The van der Waals surface area contributed by atoms with Gasteiger partial charge < -0.3 is 5.32 Å². The highest BCUT2D eigenvalue weighted by atomic mass is 16.2. The van der Waals surface area contributed by atoms with Crippen molar-refractivity contribution in [1.82, 2.24) is 10.7 Å². The van der Waals surface area contributed by atoms with Crippen molar-refractivity contribution in [2.45, 2.75) is 52.0 Å². The molecular weight excluding hydrogens is 194 g/mol. The Morgan fingerprint density at radius 2 is 1.80 bits per heavy atom. The number of nitrogens with one attached hydrogen (secondary N) is 2. The van der Waals surface area contributed by atoms with E-state index >= 15 is 0 Å². The summed E-state index contributed by atoms with van der Waals surface area (Å²) < 4.78 is 0. The summed E-state index contributed by atoms with van der Waals surface area (Å²) in [5, 5.41) is 2.67. The second-order valence-electron chi connectivity index (χ2n) is 3.57. The molecule has 1 unspecified atom stereocenters. The van der Waals surface area contributed by atoms with Crippen LogP contribution in [0, 0.1) is 0 Å². The van der Waals surface area contributed by atoms with Crippen molar-refractivity contribution < 1.29 is 9.59 Å². The molecule has 5 heteroatoms. The molecule has 4 N–H and O–H groups in total. The van der Waals surface area contributed by atoms with Gasteiger partial charge in [0.2, 0.25) is 0 Å². The maximum atomic E-state index is 11.2. The smallest absolute Gasteiger partial charge is 0.323 e. The summed E-state index contributed by atoms with van der Waals surface area (Å²) in [7, 11) is 0. The zero-order valence-corrected chi connectivity index (χ0v) is 9.51. The maximum Gasteiger partial charge on any atom is 0.323 e. The predicted octanol–water partition coefficient (Wildman–Crippen LogP) is 0.451.